The van der Waals surface area contributed by atoms with Crippen LogP contribution in [0.5, 0.6) is 0 Å². The van der Waals surface area contributed by atoms with E-state index < -0.39 is 66.8 Å². The van der Waals surface area contributed by atoms with Crippen molar-refractivity contribution in [3.8, 4) is 0 Å². The standard InChI is InChI=1S/C24H35BF2N2O5/c1-21(2,3)32-20(31)29-18(19(30)28-17-13-24(26,27)14-17)12-15-8-10-16(11-9-15)25-33-22(4,5)23(6,7)34-25/h8-11,17-18H,12-14H2,1-7H3,(H,28,30)(H,29,31). The van der Waals surface area contributed by atoms with E-state index in [1.807, 2.05) is 52.0 Å². The van der Waals surface area contributed by atoms with Crippen LogP contribution < -0.4 is 16.1 Å². The number of hydrogen-bond acceptors (Lipinski definition) is 5. The first kappa shape index (κ1) is 26.4. The van der Waals surface area contributed by atoms with Gasteiger partial charge in [0.15, 0.2) is 0 Å². The summed E-state index contributed by atoms with van der Waals surface area (Å²) >= 11 is 0. The molecule has 1 saturated heterocycles. The summed E-state index contributed by atoms with van der Waals surface area (Å²) < 4.78 is 43.8. The van der Waals surface area contributed by atoms with Crippen molar-refractivity contribution in [3.63, 3.8) is 0 Å². The van der Waals surface area contributed by atoms with Gasteiger partial charge in [0.2, 0.25) is 5.91 Å². The quantitative estimate of drug-likeness (QED) is 0.611. The van der Waals surface area contributed by atoms with Gasteiger partial charge in [-0.15, -0.1) is 0 Å². The lowest BCUT2D eigenvalue weighted by Gasteiger charge is -2.36. The van der Waals surface area contributed by atoms with Crippen LogP contribution in [0.15, 0.2) is 24.3 Å². The summed E-state index contributed by atoms with van der Waals surface area (Å²) in [5.74, 6) is -3.28. The Morgan fingerprint density at radius 3 is 2.09 bits per heavy atom. The molecule has 1 aliphatic carbocycles. The maximum Gasteiger partial charge on any atom is 0.494 e. The number of carbonyl (C=O) groups is 2. The van der Waals surface area contributed by atoms with Crippen LogP contribution in [0, 0.1) is 0 Å². The predicted molar refractivity (Wildman–Crippen MR) is 125 cm³/mol. The Labute approximate surface area is 200 Å². The van der Waals surface area contributed by atoms with E-state index in [1.54, 1.807) is 20.8 Å². The molecule has 0 aromatic heterocycles. The lowest BCUT2D eigenvalue weighted by atomic mass is 9.78. The molecule has 188 valence electrons. The number of ether oxygens (including phenoxy) is 1. The Kier molecular flexibility index (Phi) is 7.08. The van der Waals surface area contributed by atoms with Gasteiger partial charge in [-0.05, 0) is 59.5 Å². The highest BCUT2D eigenvalue weighted by molar-refractivity contribution is 6.62. The second kappa shape index (κ2) is 9.11. The molecule has 34 heavy (non-hydrogen) atoms. The molecule has 1 atom stereocenters. The van der Waals surface area contributed by atoms with E-state index in [2.05, 4.69) is 10.6 Å². The van der Waals surface area contributed by atoms with Crippen molar-refractivity contribution in [1.82, 2.24) is 10.6 Å². The molecule has 2 N–H and O–H groups in total. The molecular weight excluding hydrogens is 445 g/mol. The minimum Gasteiger partial charge on any atom is -0.444 e. The summed E-state index contributed by atoms with van der Waals surface area (Å²) in [5.41, 5.74) is -0.0636. The van der Waals surface area contributed by atoms with E-state index in [-0.39, 0.29) is 6.42 Å². The summed E-state index contributed by atoms with van der Waals surface area (Å²) in [6, 6.07) is 5.77. The highest BCUT2D eigenvalue weighted by Gasteiger charge is 2.51. The van der Waals surface area contributed by atoms with Crippen LogP contribution in [-0.2, 0) is 25.3 Å². The molecule has 2 aliphatic rings. The fourth-order valence-electron chi connectivity index (χ4n) is 3.75. The largest absolute Gasteiger partial charge is 0.494 e. The normalized spacial score (nSPS) is 22.0. The van der Waals surface area contributed by atoms with Gasteiger partial charge in [0, 0.05) is 25.3 Å². The van der Waals surface area contributed by atoms with Crippen LogP contribution >= 0.6 is 0 Å². The number of carbonyl (C=O) groups excluding carboxylic acids is 2. The van der Waals surface area contributed by atoms with Crippen molar-refractivity contribution in [1.29, 1.82) is 0 Å². The van der Waals surface area contributed by atoms with Crippen LogP contribution in [0.25, 0.3) is 0 Å². The van der Waals surface area contributed by atoms with Crippen molar-refractivity contribution in [2.75, 3.05) is 0 Å². The molecule has 0 bridgehead atoms. The Hall–Kier alpha value is -2.20. The zero-order valence-corrected chi connectivity index (χ0v) is 21.0. The van der Waals surface area contributed by atoms with E-state index in [1.165, 1.54) is 0 Å². The maximum atomic E-state index is 13.2. The highest BCUT2D eigenvalue weighted by Crippen LogP contribution is 2.37. The summed E-state index contributed by atoms with van der Waals surface area (Å²) in [6.07, 6.45) is -1.39. The summed E-state index contributed by atoms with van der Waals surface area (Å²) in [7, 11) is -0.515. The van der Waals surface area contributed by atoms with Crippen LogP contribution in [0.1, 0.15) is 66.9 Å². The zero-order valence-electron chi connectivity index (χ0n) is 21.0. The van der Waals surface area contributed by atoms with Gasteiger partial charge < -0.3 is 24.7 Å². The van der Waals surface area contributed by atoms with E-state index in [0.29, 0.717) is 0 Å². The topological polar surface area (TPSA) is 85.9 Å². The van der Waals surface area contributed by atoms with E-state index in [4.69, 9.17) is 14.0 Å². The van der Waals surface area contributed by atoms with Crippen molar-refractivity contribution in [2.24, 2.45) is 0 Å². The summed E-state index contributed by atoms with van der Waals surface area (Å²) in [4.78, 5) is 25.1. The van der Waals surface area contributed by atoms with Gasteiger partial charge >= 0.3 is 13.2 Å². The van der Waals surface area contributed by atoms with Gasteiger partial charge in [-0.1, -0.05) is 24.3 Å². The molecule has 1 aliphatic heterocycles. The average Bonchev–Trinajstić information content (AvgIpc) is 2.86. The second-order valence-electron chi connectivity index (χ2n) is 11.2. The third kappa shape index (κ3) is 6.47. The Bertz CT molecular complexity index is 891. The molecule has 2 fully saturated rings. The van der Waals surface area contributed by atoms with Gasteiger partial charge in [-0.3, -0.25) is 4.79 Å². The van der Waals surface area contributed by atoms with Gasteiger partial charge in [0.1, 0.15) is 11.6 Å². The number of alkyl halides is 2. The van der Waals surface area contributed by atoms with E-state index >= 15 is 0 Å². The molecule has 3 rings (SSSR count). The summed E-state index contributed by atoms with van der Waals surface area (Å²) in [5, 5.41) is 5.18. The number of halogens is 2. The molecule has 1 aromatic rings. The van der Waals surface area contributed by atoms with Gasteiger partial charge in [-0.2, -0.15) is 0 Å². The van der Waals surface area contributed by atoms with Crippen LogP contribution in [-0.4, -0.2) is 53.9 Å². The number of nitrogens with one attached hydrogen (secondary N) is 2. The first-order chi connectivity index (χ1) is 15.5. The minimum atomic E-state index is -2.75. The molecular formula is C24H35BF2N2O5. The van der Waals surface area contributed by atoms with Crippen molar-refractivity contribution in [3.05, 3.63) is 29.8 Å². The first-order valence-corrected chi connectivity index (χ1v) is 11.6. The molecule has 0 spiro atoms. The van der Waals surface area contributed by atoms with Crippen molar-refractivity contribution < 1.29 is 32.4 Å². The molecule has 7 nitrogen and oxygen atoms in total. The number of benzene rings is 1. The highest BCUT2D eigenvalue weighted by atomic mass is 19.3. The lowest BCUT2D eigenvalue weighted by molar-refractivity contribution is -0.131. The smallest absolute Gasteiger partial charge is 0.444 e. The van der Waals surface area contributed by atoms with Crippen LogP contribution in [0.4, 0.5) is 13.6 Å². The first-order valence-electron chi connectivity index (χ1n) is 11.6. The molecule has 1 saturated carbocycles. The van der Waals surface area contributed by atoms with Crippen LogP contribution in [0.2, 0.25) is 0 Å². The zero-order chi connectivity index (χ0) is 25.5. The van der Waals surface area contributed by atoms with Crippen LogP contribution in [0.3, 0.4) is 0 Å². The SMILES string of the molecule is CC(C)(C)OC(=O)NC(Cc1ccc(B2OC(C)(C)C(C)(C)O2)cc1)C(=O)NC1CC(F)(F)C1. The number of alkyl carbamates (subject to hydrolysis) is 1. The Balaban J connectivity index is 1.68. The van der Waals surface area contributed by atoms with Gasteiger partial charge in [-0.25, -0.2) is 13.6 Å². The van der Waals surface area contributed by atoms with E-state index in [9.17, 15) is 18.4 Å². The van der Waals surface area contributed by atoms with E-state index in [0.717, 1.165) is 11.0 Å². The monoisotopic (exact) mass is 480 g/mol. The second-order valence-corrected chi connectivity index (χ2v) is 11.2. The molecule has 2 amide bonds. The molecule has 1 unspecified atom stereocenters. The summed E-state index contributed by atoms with van der Waals surface area (Å²) in [6.45, 7) is 13.1. The Morgan fingerprint density at radius 1 is 1.09 bits per heavy atom. The minimum absolute atomic E-state index is 0.165. The number of amides is 2. The molecule has 1 heterocycles. The fraction of sp³-hybridized carbons (Fsp3) is 0.667. The Morgan fingerprint density at radius 2 is 1.62 bits per heavy atom. The van der Waals surface area contributed by atoms with Crippen molar-refractivity contribution >= 4 is 24.6 Å². The fourth-order valence-corrected chi connectivity index (χ4v) is 3.75. The molecule has 10 heteroatoms. The lowest BCUT2D eigenvalue weighted by Crippen LogP contribution is -2.56. The average molecular weight is 480 g/mol. The molecule has 1 aromatic carbocycles. The number of rotatable bonds is 6. The molecule has 0 radical (unpaired) electrons. The number of hydrogen-bond donors (Lipinski definition) is 2. The predicted octanol–water partition coefficient (Wildman–Crippen LogP) is 3.34. The third-order valence-electron chi connectivity index (χ3n) is 6.39. The van der Waals surface area contributed by atoms with Gasteiger partial charge in [0.25, 0.3) is 5.92 Å². The van der Waals surface area contributed by atoms with Crippen molar-refractivity contribution in [2.45, 2.75) is 103 Å². The van der Waals surface area contributed by atoms with Gasteiger partial charge in [0.05, 0.1) is 11.2 Å². The third-order valence-corrected chi connectivity index (χ3v) is 6.39. The maximum absolute atomic E-state index is 13.2.